The van der Waals surface area contributed by atoms with Crippen molar-refractivity contribution in [1.29, 1.82) is 0 Å². The van der Waals surface area contributed by atoms with E-state index in [1.165, 1.54) is 0 Å². The average molecular weight is 358 g/mol. The number of rotatable bonds is 3. The van der Waals surface area contributed by atoms with Crippen LogP contribution in [-0.2, 0) is 7.05 Å². The van der Waals surface area contributed by atoms with Crippen molar-refractivity contribution in [3.63, 3.8) is 0 Å². The molecule has 0 aliphatic rings. The largest absolute Gasteiger partial charge is 0.339 e. The molecule has 3 aromatic rings. The number of nitrogens with zero attached hydrogens (tertiary/aromatic N) is 4. The van der Waals surface area contributed by atoms with Gasteiger partial charge < -0.3 is 5.32 Å². The third-order valence-electron chi connectivity index (χ3n) is 3.52. The van der Waals surface area contributed by atoms with Crippen LogP contribution in [0.4, 0.5) is 11.5 Å². The van der Waals surface area contributed by atoms with Gasteiger partial charge in [0.1, 0.15) is 5.82 Å². The van der Waals surface area contributed by atoms with Gasteiger partial charge >= 0.3 is 0 Å². The van der Waals surface area contributed by atoms with Gasteiger partial charge in [-0.2, -0.15) is 5.10 Å². The molecule has 0 amide bonds. The van der Waals surface area contributed by atoms with Crippen molar-refractivity contribution >= 4 is 27.4 Å². The summed E-state index contributed by atoms with van der Waals surface area (Å²) in [5.41, 5.74) is 4.86. The van der Waals surface area contributed by atoms with Crippen LogP contribution in [0.25, 0.3) is 11.3 Å². The maximum absolute atomic E-state index is 4.66. The Balaban J connectivity index is 1.94. The van der Waals surface area contributed by atoms with Crippen LogP contribution in [0.15, 0.2) is 41.1 Å². The predicted octanol–water partition coefficient (Wildman–Crippen LogP) is 4.00. The fourth-order valence-corrected chi connectivity index (χ4v) is 2.64. The molecule has 6 heteroatoms. The molecular weight excluding hydrogens is 342 g/mol. The van der Waals surface area contributed by atoms with Crippen molar-refractivity contribution < 1.29 is 0 Å². The zero-order chi connectivity index (χ0) is 15.7. The molecule has 0 saturated carbocycles. The molecule has 112 valence electrons. The second-order valence-electron chi connectivity index (χ2n) is 5.09. The fraction of sp³-hybridized carbons (Fsp3) is 0.188. The van der Waals surface area contributed by atoms with Crippen LogP contribution in [0.2, 0.25) is 0 Å². The van der Waals surface area contributed by atoms with Crippen molar-refractivity contribution in [1.82, 2.24) is 19.7 Å². The summed E-state index contributed by atoms with van der Waals surface area (Å²) in [5, 5.41) is 7.70. The zero-order valence-corrected chi connectivity index (χ0v) is 14.2. The minimum absolute atomic E-state index is 0.711. The van der Waals surface area contributed by atoms with Crippen LogP contribution in [-0.4, -0.2) is 19.7 Å². The van der Waals surface area contributed by atoms with E-state index in [1.807, 2.05) is 49.8 Å². The summed E-state index contributed by atoms with van der Waals surface area (Å²) in [6, 6.07) is 7.93. The van der Waals surface area contributed by atoms with Crippen LogP contribution < -0.4 is 5.32 Å². The summed E-state index contributed by atoms with van der Waals surface area (Å²) in [6.07, 6.45) is 3.48. The molecule has 0 unspecified atom stereocenters. The maximum Gasteiger partial charge on any atom is 0.149 e. The van der Waals surface area contributed by atoms with E-state index < -0.39 is 0 Å². The highest BCUT2D eigenvalue weighted by Crippen LogP contribution is 2.26. The standard InChI is InChI=1S/C16H16BrN5/c1-10-16(11(2)22(3)21-10)14-8-18-9-15(20-14)19-13-6-4-12(17)5-7-13/h4-9H,1-3H3,(H,19,20). The number of hydrogen-bond donors (Lipinski definition) is 1. The van der Waals surface area contributed by atoms with Crippen LogP contribution in [0.3, 0.4) is 0 Å². The molecule has 2 heterocycles. The van der Waals surface area contributed by atoms with Gasteiger partial charge in [-0.05, 0) is 38.1 Å². The van der Waals surface area contributed by atoms with Gasteiger partial charge in [0.25, 0.3) is 0 Å². The molecule has 3 rings (SSSR count). The normalized spacial score (nSPS) is 10.7. The van der Waals surface area contributed by atoms with E-state index >= 15 is 0 Å². The van der Waals surface area contributed by atoms with Gasteiger partial charge in [-0.3, -0.25) is 9.67 Å². The Hall–Kier alpha value is -2.21. The number of aryl methyl sites for hydroxylation is 2. The van der Waals surface area contributed by atoms with Gasteiger partial charge in [0.05, 0.1) is 23.8 Å². The quantitative estimate of drug-likeness (QED) is 0.769. The van der Waals surface area contributed by atoms with Crippen molar-refractivity contribution in [2.75, 3.05) is 5.32 Å². The molecule has 0 atom stereocenters. The first kappa shape index (κ1) is 14.7. The van der Waals surface area contributed by atoms with Gasteiger partial charge in [-0.25, -0.2) is 4.98 Å². The first-order valence-corrected chi connectivity index (χ1v) is 7.69. The van der Waals surface area contributed by atoms with E-state index in [1.54, 1.807) is 12.4 Å². The number of benzene rings is 1. The molecule has 0 bridgehead atoms. The Labute approximate surface area is 137 Å². The van der Waals surface area contributed by atoms with E-state index in [-0.39, 0.29) is 0 Å². The molecule has 0 radical (unpaired) electrons. The minimum Gasteiger partial charge on any atom is -0.339 e. The number of halogens is 1. The lowest BCUT2D eigenvalue weighted by molar-refractivity contribution is 0.731. The molecule has 5 nitrogen and oxygen atoms in total. The first-order chi connectivity index (χ1) is 10.5. The first-order valence-electron chi connectivity index (χ1n) is 6.90. The highest BCUT2D eigenvalue weighted by molar-refractivity contribution is 9.10. The van der Waals surface area contributed by atoms with Gasteiger partial charge in [0.2, 0.25) is 0 Å². The highest BCUT2D eigenvalue weighted by Gasteiger charge is 2.13. The molecule has 22 heavy (non-hydrogen) atoms. The van der Waals surface area contributed by atoms with Gasteiger partial charge in [-0.15, -0.1) is 0 Å². The summed E-state index contributed by atoms with van der Waals surface area (Å²) in [6.45, 7) is 4.02. The topological polar surface area (TPSA) is 55.6 Å². The number of hydrogen-bond acceptors (Lipinski definition) is 4. The number of nitrogens with one attached hydrogen (secondary N) is 1. The Morgan fingerprint density at radius 2 is 1.82 bits per heavy atom. The van der Waals surface area contributed by atoms with Crippen LogP contribution >= 0.6 is 15.9 Å². The molecule has 1 aromatic carbocycles. The zero-order valence-electron chi connectivity index (χ0n) is 12.6. The SMILES string of the molecule is Cc1nn(C)c(C)c1-c1cncc(Nc2ccc(Br)cc2)n1. The lowest BCUT2D eigenvalue weighted by atomic mass is 10.1. The Bertz CT molecular complexity index is 808. The van der Waals surface area contributed by atoms with E-state index in [0.717, 1.165) is 32.8 Å². The molecule has 0 saturated heterocycles. The van der Waals surface area contributed by atoms with E-state index in [9.17, 15) is 0 Å². The van der Waals surface area contributed by atoms with Crippen LogP contribution in [0, 0.1) is 13.8 Å². The maximum atomic E-state index is 4.66. The average Bonchev–Trinajstić information content (AvgIpc) is 2.75. The lowest BCUT2D eigenvalue weighted by Gasteiger charge is -2.07. The number of aromatic nitrogens is 4. The lowest BCUT2D eigenvalue weighted by Crippen LogP contribution is -1.97. The van der Waals surface area contributed by atoms with E-state index in [0.29, 0.717) is 5.82 Å². The third-order valence-corrected chi connectivity index (χ3v) is 4.04. The van der Waals surface area contributed by atoms with E-state index in [4.69, 9.17) is 0 Å². The highest BCUT2D eigenvalue weighted by atomic mass is 79.9. The second kappa shape index (κ2) is 5.88. The summed E-state index contributed by atoms with van der Waals surface area (Å²) >= 11 is 3.43. The van der Waals surface area contributed by atoms with E-state index in [2.05, 4.69) is 36.3 Å². The van der Waals surface area contributed by atoms with Crippen LogP contribution in [0.5, 0.6) is 0 Å². The molecule has 0 aliphatic heterocycles. The molecular formula is C16H16BrN5. The van der Waals surface area contributed by atoms with Crippen molar-refractivity contribution in [2.24, 2.45) is 7.05 Å². The Kier molecular flexibility index (Phi) is 3.94. The van der Waals surface area contributed by atoms with Crippen LogP contribution in [0.1, 0.15) is 11.4 Å². The fourth-order valence-electron chi connectivity index (χ4n) is 2.37. The summed E-state index contributed by atoms with van der Waals surface area (Å²) in [4.78, 5) is 8.95. The van der Waals surface area contributed by atoms with Crippen molar-refractivity contribution in [2.45, 2.75) is 13.8 Å². The Morgan fingerprint density at radius 1 is 1.09 bits per heavy atom. The molecule has 1 N–H and O–H groups in total. The van der Waals surface area contributed by atoms with Gasteiger partial charge in [-0.1, -0.05) is 15.9 Å². The predicted molar refractivity (Wildman–Crippen MR) is 91.1 cm³/mol. The molecule has 0 fully saturated rings. The summed E-state index contributed by atoms with van der Waals surface area (Å²) in [5.74, 6) is 0.711. The molecule has 0 spiro atoms. The molecule has 2 aromatic heterocycles. The summed E-state index contributed by atoms with van der Waals surface area (Å²) < 4.78 is 2.90. The third kappa shape index (κ3) is 2.87. The second-order valence-corrected chi connectivity index (χ2v) is 6.01. The van der Waals surface area contributed by atoms with Crippen molar-refractivity contribution in [3.8, 4) is 11.3 Å². The van der Waals surface area contributed by atoms with Crippen molar-refractivity contribution in [3.05, 3.63) is 52.5 Å². The Morgan fingerprint density at radius 3 is 2.45 bits per heavy atom. The summed E-state index contributed by atoms with van der Waals surface area (Å²) in [7, 11) is 1.93. The van der Waals surface area contributed by atoms with Gasteiger partial charge in [0.15, 0.2) is 0 Å². The molecule has 0 aliphatic carbocycles. The number of anilines is 2. The monoisotopic (exact) mass is 357 g/mol. The smallest absolute Gasteiger partial charge is 0.149 e. The van der Waals surface area contributed by atoms with Gasteiger partial charge in [0, 0.05) is 28.5 Å². The minimum atomic E-state index is 0.711.